The number of hydrogen-bond donors (Lipinski definition) is 0. The van der Waals surface area contributed by atoms with Crippen LogP contribution in [0.1, 0.15) is 29.2 Å². The summed E-state index contributed by atoms with van der Waals surface area (Å²) in [5.41, 5.74) is 0. The minimum atomic E-state index is -3.18. The fourth-order valence-corrected chi connectivity index (χ4v) is 3.16. The second-order valence-electron chi connectivity index (χ2n) is 5.21. The fourth-order valence-electron chi connectivity index (χ4n) is 2.41. The molecule has 1 aromatic heterocycles. The van der Waals surface area contributed by atoms with Crippen LogP contribution in [0.25, 0.3) is 0 Å². The average molecular weight is 300 g/mol. The molecule has 1 amide bonds. The normalized spacial score (nSPS) is 17.7. The Morgan fingerprint density at radius 2 is 1.95 bits per heavy atom. The molecule has 1 aliphatic rings. The first-order chi connectivity index (χ1) is 9.29. The van der Waals surface area contributed by atoms with E-state index in [-0.39, 0.29) is 11.9 Å². The Labute approximate surface area is 119 Å². The Morgan fingerprint density at radius 1 is 1.35 bits per heavy atom. The fraction of sp³-hybridized carbons (Fsp3) is 0.615. The highest BCUT2D eigenvalue weighted by atomic mass is 32.2. The summed E-state index contributed by atoms with van der Waals surface area (Å²) in [4.78, 5) is 13.9. The van der Waals surface area contributed by atoms with E-state index >= 15 is 0 Å². The lowest BCUT2D eigenvalue weighted by atomic mass is 10.1. The predicted octanol–water partition coefficient (Wildman–Crippen LogP) is 1.08. The summed E-state index contributed by atoms with van der Waals surface area (Å²) in [5.74, 6) is 0.927. The van der Waals surface area contributed by atoms with Gasteiger partial charge in [0.25, 0.3) is 5.91 Å². The van der Waals surface area contributed by atoms with E-state index in [9.17, 15) is 13.2 Å². The van der Waals surface area contributed by atoms with Gasteiger partial charge in [-0.15, -0.1) is 0 Å². The highest BCUT2D eigenvalue weighted by molar-refractivity contribution is 7.88. The van der Waals surface area contributed by atoms with Crippen LogP contribution < -0.4 is 0 Å². The van der Waals surface area contributed by atoms with E-state index in [1.165, 1.54) is 10.6 Å². The van der Waals surface area contributed by atoms with Crippen LogP contribution in [0.3, 0.4) is 0 Å². The van der Waals surface area contributed by atoms with Crippen LogP contribution in [0.4, 0.5) is 0 Å². The first-order valence-electron chi connectivity index (χ1n) is 6.58. The predicted molar refractivity (Wildman–Crippen MR) is 75.0 cm³/mol. The quantitative estimate of drug-likeness (QED) is 0.837. The van der Waals surface area contributed by atoms with E-state index in [0.29, 0.717) is 37.5 Å². The lowest BCUT2D eigenvalue weighted by Gasteiger charge is -2.35. The second-order valence-corrected chi connectivity index (χ2v) is 7.25. The van der Waals surface area contributed by atoms with Gasteiger partial charge in [0.1, 0.15) is 5.76 Å². The van der Waals surface area contributed by atoms with Gasteiger partial charge in [-0.25, -0.2) is 12.7 Å². The molecule has 1 aliphatic heterocycles. The summed E-state index contributed by atoms with van der Waals surface area (Å²) < 4.78 is 29.7. The number of nitrogens with zero attached hydrogens (tertiary/aromatic N) is 2. The third-order valence-electron chi connectivity index (χ3n) is 3.74. The van der Waals surface area contributed by atoms with Crippen molar-refractivity contribution in [2.45, 2.75) is 25.8 Å². The molecule has 7 heteroatoms. The van der Waals surface area contributed by atoms with Crippen molar-refractivity contribution in [2.24, 2.45) is 0 Å². The number of likely N-dealkylation sites (tertiary alicyclic amines) is 1. The van der Waals surface area contributed by atoms with Crippen LogP contribution in [0, 0.1) is 6.92 Å². The zero-order chi connectivity index (χ0) is 14.9. The first-order valence-corrected chi connectivity index (χ1v) is 8.42. The monoisotopic (exact) mass is 300 g/mol. The maximum absolute atomic E-state index is 12.2. The van der Waals surface area contributed by atoms with Crippen molar-refractivity contribution in [3.8, 4) is 0 Å². The van der Waals surface area contributed by atoms with Gasteiger partial charge in [0.2, 0.25) is 10.0 Å². The number of carbonyl (C=O) groups excluding carboxylic acids is 1. The molecular weight excluding hydrogens is 280 g/mol. The number of hydrogen-bond acceptors (Lipinski definition) is 4. The molecule has 112 valence electrons. The molecule has 0 saturated carbocycles. The number of furan rings is 1. The van der Waals surface area contributed by atoms with Crippen LogP contribution in [0.15, 0.2) is 16.5 Å². The Kier molecular flexibility index (Phi) is 4.19. The van der Waals surface area contributed by atoms with Gasteiger partial charge >= 0.3 is 0 Å². The Balaban J connectivity index is 1.96. The molecule has 0 N–H and O–H groups in total. The summed E-state index contributed by atoms with van der Waals surface area (Å²) in [6, 6.07) is 3.40. The van der Waals surface area contributed by atoms with Crippen LogP contribution >= 0.6 is 0 Å². The van der Waals surface area contributed by atoms with Crippen LogP contribution in [-0.4, -0.2) is 56.0 Å². The number of amides is 1. The molecule has 0 bridgehead atoms. The van der Waals surface area contributed by atoms with Crippen molar-refractivity contribution in [3.05, 3.63) is 23.7 Å². The molecule has 0 aromatic carbocycles. The number of rotatable bonds is 3. The standard InChI is InChI=1S/C13H20N2O4S/c1-10-4-5-12(19-10)13(16)15-8-6-11(7-9-15)14(2)20(3,17)18/h4-5,11H,6-9H2,1-3H3. The number of carbonyl (C=O) groups is 1. The van der Waals surface area contributed by atoms with Gasteiger partial charge in [-0.05, 0) is 31.9 Å². The van der Waals surface area contributed by atoms with E-state index in [1.807, 2.05) is 0 Å². The van der Waals surface area contributed by atoms with Crippen molar-refractivity contribution in [3.63, 3.8) is 0 Å². The molecule has 1 fully saturated rings. The van der Waals surface area contributed by atoms with Gasteiger partial charge in [0, 0.05) is 26.2 Å². The molecule has 1 aromatic rings. The maximum atomic E-state index is 12.2. The third kappa shape index (κ3) is 3.21. The molecule has 1 saturated heterocycles. The van der Waals surface area contributed by atoms with Crippen LogP contribution in [0.5, 0.6) is 0 Å². The van der Waals surface area contributed by atoms with Crippen molar-refractivity contribution >= 4 is 15.9 Å². The molecule has 0 unspecified atom stereocenters. The van der Waals surface area contributed by atoms with Gasteiger partial charge in [0.15, 0.2) is 5.76 Å². The highest BCUT2D eigenvalue weighted by Gasteiger charge is 2.30. The summed E-state index contributed by atoms with van der Waals surface area (Å²) in [6.45, 7) is 2.89. The molecule has 6 nitrogen and oxygen atoms in total. The summed E-state index contributed by atoms with van der Waals surface area (Å²) in [7, 11) is -1.59. The largest absolute Gasteiger partial charge is 0.456 e. The Hall–Kier alpha value is -1.34. The van der Waals surface area contributed by atoms with Crippen molar-refractivity contribution < 1.29 is 17.6 Å². The van der Waals surface area contributed by atoms with E-state index in [0.717, 1.165) is 0 Å². The van der Waals surface area contributed by atoms with Gasteiger partial charge in [-0.1, -0.05) is 0 Å². The number of piperidine rings is 1. The number of sulfonamides is 1. The number of aryl methyl sites for hydroxylation is 1. The molecule has 2 heterocycles. The molecule has 0 radical (unpaired) electrons. The smallest absolute Gasteiger partial charge is 0.289 e. The summed E-state index contributed by atoms with van der Waals surface area (Å²) in [5, 5.41) is 0. The lowest BCUT2D eigenvalue weighted by Crippen LogP contribution is -2.46. The van der Waals surface area contributed by atoms with Gasteiger partial charge in [-0.3, -0.25) is 4.79 Å². The van der Waals surface area contributed by atoms with E-state index in [4.69, 9.17) is 4.42 Å². The molecule has 0 aliphatic carbocycles. The van der Waals surface area contributed by atoms with Crippen molar-refractivity contribution in [1.82, 2.24) is 9.21 Å². The topological polar surface area (TPSA) is 70.8 Å². The minimum absolute atomic E-state index is 0.0348. The average Bonchev–Trinajstić information content (AvgIpc) is 2.83. The zero-order valence-corrected chi connectivity index (χ0v) is 12.8. The zero-order valence-electron chi connectivity index (χ0n) is 12.0. The lowest BCUT2D eigenvalue weighted by molar-refractivity contribution is 0.0653. The van der Waals surface area contributed by atoms with Gasteiger partial charge in [-0.2, -0.15) is 0 Å². The van der Waals surface area contributed by atoms with Crippen molar-refractivity contribution in [2.75, 3.05) is 26.4 Å². The SMILES string of the molecule is Cc1ccc(C(=O)N2CCC(N(C)S(C)(=O)=O)CC2)o1. The van der Waals surface area contributed by atoms with Crippen LogP contribution in [0.2, 0.25) is 0 Å². The third-order valence-corrected chi connectivity index (χ3v) is 5.08. The summed E-state index contributed by atoms with van der Waals surface area (Å²) in [6.07, 6.45) is 2.50. The Morgan fingerprint density at radius 3 is 2.40 bits per heavy atom. The summed E-state index contributed by atoms with van der Waals surface area (Å²) >= 11 is 0. The van der Waals surface area contributed by atoms with Crippen LogP contribution in [-0.2, 0) is 10.0 Å². The second kappa shape index (κ2) is 5.57. The molecule has 0 spiro atoms. The van der Waals surface area contributed by atoms with E-state index < -0.39 is 10.0 Å². The molecule has 0 atom stereocenters. The Bertz CT molecular complexity index is 585. The first kappa shape index (κ1) is 15.1. The van der Waals surface area contributed by atoms with E-state index in [2.05, 4.69) is 0 Å². The van der Waals surface area contributed by atoms with Crippen molar-refractivity contribution in [1.29, 1.82) is 0 Å². The molecule has 2 rings (SSSR count). The van der Waals surface area contributed by atoms with Gasteiger partial charge < -0.3 is 9.32 Å². The van der Waals surface area contributed by atoms with E-state index in [1.54, 1.807) is 31.0 Å². The maximum Gasteiger partial charge on any atom is 0.289 e. The molecule has 20 heavy (non-hydrogen) atoms. The highest BCUT2D eigenvalue weighted by Crippen LogP contribution is 2.19. The molecular formula is C13H20N2O4S. The van der Waals surface area contributed by atoms with Gasteiger partial charge in [0.05, 0.1) is 6.26 Å². The minimum Gasteiger partial charge on any atom is -0.456 e.